The van der Waals surface area contributed by atoms with E-state index in [9.17, 15) is 9.59 Å². The SMILES string of the molecule is CC1CCNCC1CN1C(=O)Cc2ccccc2C1=O. The third kappa shape index (κ3) is 2.36. The Balaban J connectivity index is 1.80. The molecule has 0 radical (unpaired) electrons. The van der Waals surface area contributed by atoms with Gasteiger partial charge in [-0.3, -0.25) is 14.5 Å². The van der Waals surface area contributed by atoms with Gasteiger partial charge in [-0.15, -0.1) is 0 Å². The Hall–Kier alpha value is -1.68. The number of hydrogen-bond acceptors (Lipinski definition) is 3. The lowest BCUT2D eigenvalue weighted by atomic mass is 9.87. The maximum absolute atomic E-state index is 12.5. The molecule has 20 heavy (non-hydrogen) atoms. The molecule has 2 atom stereocenters. The Morgan fingerprint density at radius 2 is 2.10 bits per heavy atom. The highest BCUT2D eigenvalue weighted by molar-refractivity contribution is 6.09. The molecule has 0 aliphatic carbocycles. The Bertz CT molecular complexity index is 541. The van der Waals surface area contributed by atoms with Crippen molar-refractivity contribution in [1.82, 2.24) is 10.2 Å². The van der Waals surface area contributed by atoms with Crippen molar-refractivity contribution in [2.45, 2.75) is 19.8 Å². The summed E-state index contributed by atoms with van der Waals surface area (Å²) in [6, 6.07) is 7.42. The van der Waals surface area contributed by atoms with Crippen molar-refractivity contribution in [3.8, 4) is 0 Å². The molecule has 3 rings (SSSR count). The molecule has 4 nitrogen and oxygen atoms in total. The molecular weight excluding hydrogens is 252 g/mol. The smallest absolute Gasteiger partial charge is 0.260 e. The molecule has 0 aromatic heterocycles. The summed E-state index contributed by atoms with van der Waals surface area (Å²) in [5.74, 6) is 0.719. The molecule has 4 heteroatoms. The summed E-state index contributed by atoms with van der Waals surface area (Å²) in [5, 5.41) is 3.35. The first-order chi connectivity index (χ1) is 9.66. The number of fused-ring (bicyclic) bond motifs is 1. The van der Waals surface area contributed by atoms with E-state index in [1.54, 1.807) is 0 Å². The number of rotatable bonds is 2. The van der Waals surface area contributed by atoms with E-state index in [0.717, 1.165) is 25.1 Å². The molecule has 1 N–H and O–H groups in total. The molecular formula is C16H20N2O2. The van der Waals surface area contributed by atoms with Gasteiger partial charge in [-0.1, -0.05) is 25.1 Å². The predicted molar refractivity (Wildman–Crippen MR) is 76.3 cm³/mol. The van der Waals surface area contributed by atoms with Crippen molar-refractivity contribution >= 4 is 11.8 Å². The van der Waals surface area contributed by atoms with Crippen molar-refractivity contribution < 1.29 is 9.59 Å². The van der Waals surface area contributed by atoms with Crippen LogP contribution in [0.2, 0.25) is 0 Å². The van der Waals surface area contributed by atoms with E-state index in [1.165, 1.54) is 4.90 Å². The number of nitrogens with zero attached hydrogens (tertiary/aromatic N) is 1. The van der Waals surface area contributed by atoms with Crippen molar-refractivity contribution in [3.05, 3.63) is 35.4 Å². The lowest BCUT2D eigenvalue weighted by Crippen LogP contribution is -2.49. The fourth-order valence-electron chi connectivity index (χ4n) is 3.12. The molecule has 1 aromatic rings. The highest BCUT2D eigenvalue weighted by Crippen LogP contribution is 2.24. The second-order valence-corrected chi connectivity index (χ2v) is 5.87. The van der Waals surface area contributed by atoms with E-state index in [0.29, 0.717) is 30.4 Å². The summed E-state index contributed by atoms with van der Waals surface area (Å²) in [4.78, 5) is 26.2. The van der Waals surface area contributed by atoms with E-state index in [2.05, 4.69) is 12.2 Å². The molecule has 2 aliphatic rings. The summed E-state index contributed by atoms with van der Waals surface area (Å²) >= 11 is 0. The minimum atomic E-state index is -0.130. The average Bonchev–Trinajstić information content (AvgIpc) is 2.45. The van der Waals surface area contributed by atoms with Gasteiger partial charge in [0.15, 0.2) is 0 Å². The summed E-state index contributed by atoms with van der Waals surface area (Å²) in [6.45, 7) is 4.67. The Kier molecular flexibility index (Phi) is 3.57. The fraction of sp³-hybridized carbons (Fsp3) is 0.500. The van der Waals surface area contributed by atoms with E-state index in [1.807, 2.05) is 24.3 Å². The Labute approximate surface area is 119 Å². The molecule has 2 amide bonds. The van der Waals surface area contributed by atoms with Crippen LogP contribution in [0.15, 0.2) is 24.3 Å². The fourth-order valence-corrected chi connectivity index (χ4v) is 3.12. The van der Waals surface area contributed by atoms with Gasteiger partial charge in [0.1, 0.15) is 0 Å². The number of benzene rings is 1. The van der Waals surface area contributed by atoms with Gasteiger partial charge in [0.25, 0.3) is 5.91 Å². The number of carbonyl (C=O) groups is 2. The molecule has 0 bridgehead atoms. The van der Waals surface area contributed by atoms with Crippen LogP contribution >= 0.6 is 0 Å². The molecule has 0 spiro atoms. The number of amides is 2. The van der Waals surface area contributed by atoms with Crippen LogP contribution in [0.25, 0.3) is 0 Å². The van der Waals surface area contributed by atoms with Gasteiger partial charge in [-0.2, -0.15) is 0 Å². The van der Waals surface area contributed by atoms with E-state index >= 15 is 0 Å². The minimum Gasteiger partial charge on any atom is -0.316 e. The van der Waals surface area contributed by atoms with Gasteiger partial charge in [-0.05, 0) is 43.0 Å². The first kappa shape index (κ1) is 13.3. The lowest BCUT2D eigenvalue weighted by molar-refractivity contribution is -0.129. The molecule has 2 aliphatic heterocycles. The van der Waals surface area contributed by atoms with E-state index in [-0.39, 0.29) is 11.8 Å². The average molecular weight is 272 g/mol. The van der Waals surface area contributed by atoms with Gasteiger partial charge >= 0.3 is 0 Å². The predicted octanol–water partition coefficient (Wildman–Crippen LogP) is 1.46. The quantitative estimate of drug-likeness (QED) is 0.829. The van der Waals surface area contributed by atoms with Crippen molar-refractivity contribution in [3.63, 3.8) is 0 Å². The largest absolute Gasteiger partial charge is 0.316 e. The van der Waals surface area contributed by atoms with Crippen LogP contribution in [-0.2, 0) is 11.2 Å². The van der Waals surface area contributed by atoms with Crippen LogP contribution in [-0.4, -0.2) is 36.3 Å². The van der Waals surface area contributed by atoms with E-state index < -0.39 is 0 Å². The standard InChI is InChI=1S/C16H20N2O2/c1-11-6-7-17-9-13(11)10-18-15(19)8-12-4-2-3-5-14(12)16(18)20/h2-5,11,13,17H,6-10H2,1H3. The normalized spacial score (nSPS) is 26.6. The third-order valence-electron chi connectivity index (χ3n) is 4.54. The highest BCUT2D eigenvalue weighted by Gasteiger charge is 2.34. The first-order valence-electron chi connectivity index (χ1n) is 7.30. The second kappa shape index (κ2) is 5.37. The zero-order valence-electron chi connectivity index (χ0n) is 11.8. The molecule has 0 saturated carbocycles. The van der Waals surface area contributed by atoms with Gasteiger partial charge < -0.3 is 5.32 Å². The third-order valence-corrected chi connectivity index (χ3v) is 4.54. The van der Waals surface area contributed by atoms with Gasteiger partial charge in [0.05, 0.1) is 6.42 Å². The summed E-state index contributed by atoms with van der Waals surface area (Å²) in [5.41, 5.74) is 1.54. The molecule has 2 heterocycles. The lowest BCUT2D eigenvalue weighted by Gasteiger charge is -2.35. The van der Waals surface area contributed by atoms with Crippen LogP contribution in [0.5, 0.6) is 0 Å². The van der Waals surface area contributed by atoms with Crippen LogP contribution in [0, 0.1) is 11.8 Å². The topological polar surface area (TPSA) is 49.4 Å². The van der Waals surface area contributed by atoms with Gasteiger partial charge in [0.2, 0.25) is 5.91 Å². The Morgan fingerprint density at radius 1 is 1.30 bits per heavy atom. The van der Waals surface area contributed by atoms with Crippen molar-refractivity contribution in [2.75, 3.05) is 19.6 Å². The Morgan fingerprint density at radius 3 is 2.90 bits per heavy atom. The van der Waals surface area contributed by atoms with E-state index in [4.69, 9.17) is 0 Å². The summed E-state index contributed by atoms with van der Waals surface area (Å²) < 4.78 is 0. The first-order valence-corrected chi connectivity index (χ1v) is 7.30. The molecule has 1 saturated heterocycles. The highest BCUT2D eigenvalue weighted by atomic mass is 16.2. The number of carbonyl (C=O) groups excluding carboxylic acids is 2. The molecule has 106 valence electrons. The van der Waals surface area contributed by atoms with Crippen LogP contribution in [0.1, 0.15) is 29.3 Å². The monoisotopic (exact) mass is 272 g/mol. The molecule has 1 aromatic carbocycles. The number of piperidine rings is 1. The van der Waals surface area contributed by atoms with Crippen LogP contribution in [0.4, 0.5) is 0 Å². The zero-order chi connectivity index (χ0) is 14.1. The number of nitrogens with one attached hydrogen (secondary N) is 1. The zero-order valence-corrected chi connectivity index (χ0v) is 11.8. The second-order valence-electron chi connectivity index (χ2n) is 5.87. The maximum Gasteiger partial charge on any atom is 0.260 e. The van der Waals surface area contributed by atoms with Crippen molar-refractivity contribution in [2.24, 2.45) is 11.8 Å². The van der Waals surface area contributed by atoms with Gasteiger partial charge in [0, 0.05) is 12.1 Å². The minimum absolute atomic E-state index is 0.0635. The summed E-state index contributed by atoms with van der Waals surface area (Å²) in [6.07, 6.45) is 1.45. The van der Waals surface area contributed by atoms with Crippen LogP contribution < -0.4 is 5.32 Å². The molecule has 2 unspecified atom stereocenters. The van der Waals surface area contributed by atoms with Crippen LogP contribution in [0.3, 0.4) is 0 Å². The number of imide groups is 1. The molecule has 1 fully saturated rings. The number of hydrogen-bond donors (Lipinski definition) is 1. The van der Waals surface area contributed by atoms with Gasteiger partial charge in [-0.25, -0.2) is 0 Å². The summed E-state index contributed by atoms with van der Waals surface area (Å²) in [7, 11) is 0. The maximum atomic E-state index is 12.5. The van der Waals surface area contributed by atoms with Crippen molar-refractivity contribution in [1.29, 1.82) is 0 Å².